The van der Waals surface area contributed by atoms with Gasteiger partial charge in [-0.2, -0.15) is 0 Å². The second kappa shape index (κ2) is 8.28. The molecular formula is C16H24N4O4. The van der Waals surface area contributed by atoms with Gasteiger partial charge in [-0.1, -0.05) is 6.07 Å². The van der Waals surface area contributed by atoms with Crippen molar-refractivity contribution in [1.29, 1.82) is 0 Å². The van der Waals surface area contributed by atoms with Crippen molar-refractivity contribution in [3.05, 3.63) is 30.1 Å². The molecule has 0 radical (unpaired) electrons. The van der Waals surface area contributed by atoms with E-state index in [-0.39, 0.29) is 13.0 Å². The van der Waals surface area contributed by atoms with Gasteiger partial charge >= 0.3 is 6.09 Å². The van der Waals surface area contributed by atoms with Crippen LogP contribution in [-0.2, 0) is 20.7 Å². The van der Waals surface area contributed by atoms with E-state index < -0.39 is 29.6 Å². The maximum absolute atomic E-state index is 12.5. The molecule has 0 fully saturated rings. The first-order valence-corrected chi connectivity index (χ1v) is 7.50. The van der Waals surface area contributed by atoms with Crippen LogP contribution in [0.2, 0.25) is 0 Å². The Morgan fingerprint density at radius 3 is 2.54 bits per heavy atom. The predicted molar refractivity (Wildman–Crippen MR) is 87.9 cm³/mol. The molecule has 1 atom stereocenters. The van der Waals surface area contributed by atoms with Crippen LogP contribution in [0.15, 0.2) is 24.5 Å². The second-order valence-corrected chi connectivity index (χ2v) is 6.42. The van der Waals surface area contributed by atoms with Gasteiger partial charge in [-0.15, -0.1) is 0 Å². The second-order valence-electron chi connectivity index (χ2n) is 6.42. The lowest BCUT2D eigenvalue weighted by molar-refractivity contribution is -0.135. The van der Waals surface area contributed by atoms with E-state index in [1.165, 1.54) is 11.9 Å². The maximum atomic E-state index is 12.5. The lowest BCUT2D eigenvalue weighted by Crippen LogP contribution is -2.51. The third kappa shape index (κ3) is 7.08. The molecule has 0 aliphatic carbocycles. The van der Waals surface area contributed by atoms with Crippen molar-refractivity contribution in [2.24, 2.45) is 5.73 Å². The van der Waals surface area contributed by atoms with Gasteiger partial charge in [0.15, 0.2) is 0 Å². The van der Waals surface area contributed by atoms with E-state index in [1.54, 1.807) is 45.3 Å². The molecule has 0 saturated carbocycles. The molecule has 0 unspecified atom stereocenters. The maximum Gasteiger partial charge on any atom is 0.408 e. The van der Waals surface area contributed by atoms with Gasteiger partial charge in [0, 0.05) is 25.9 Å². The summed E-state index contributed by atoms with van der Waals surface area (Å²) in [4.78, 5) is 40.7. The lowest BCUT2D eigenvalue weighted by atomic mass is 10.1. The van der Waals surface area contributed by atoms with Gasteiger partial charge in [-0.25, -0.2) is 4.79 Å². The Labute approximate surface area is 141 Å². The Balaban J connectivity index is 2.88. The molecule has 3 amide bonds. The highest BCUT2D eigenvalue weighted by molar-refractivity contribution is 5.89. The number of nitrogens with one attached hydrogen (secondary N) is 1. The zero-order valence-electron chi connectivity index (χ0n) is 14.4. The van der Waals surface area contributed by atoms with Crippen LogP contribution in [0.5, 0.6) is 0 Å². The molecule has 8 heteroatoms. The van der Waals surface area contributed by atoms with Crippen LogP contribution >= 0.6 is 0 Å². The zero-order chi connectivity index (χ0) is 18.3. The van der Waals surface area contributed by atoms with E-state index in [4.69, 9.17) is 10.5 Å². The normalized spacial score (nSPS) is 12.2. The van der Waals surface area contributed by atoms with E-state index in [0.717, 1.165) is 5.56 Å². The average Bonchev–Trinajstić information content (AvgIpc) is 2.44. The van der Waals surface area contributed by atoms with Crippen LogP contribution in [0.3, 0.4) is 0 Å². The van der Waals surface area contributed by atoms with Gasteiger partial charge in [0.1, 0.15) is 11.6 Å². The molecule has 8 nitrogen and oxygen atoms in total. The fourth-order valence-electron chi connectivity index (χ4n) is 1.98. The number of rotatable bonds is 6. The van der Waals surface area contributed by atoms with Crippen molar-refractivity contribution in [1.82, 2.24) is 15.2 Å². The molecule has 1 heterocycles. The predicted octanol–water partition coefficient (Wildman–Crippen LogP) is 0.461. The van der Waals surface area contributed by atoms with Crippen LogP contribution in [0.25, 0.3) is 0 Å². The van der Waals surface area contributed by atoms with Crippen molar-refractivity contribution in [3.63, 3.8) is 0 Å². The minimum atomic E-state index is -0.895. The van der Waals surface area contributed by atoms with Gasteiger partial charge in [-0.3, -0.25) is 14.6 Å². The lowest BCUT2D eigenvalue weighted by Gasteiger charge is -2.26. The summed E-state index contributed by atoms with van der Waals surface area (Å²) >= 11 is 0. The van der Waals surface area contributed by atoms with Crippen molar-refractivity contribution >= 4 is 17.9 Å². The first kappa shape index (κ1) is 19.4. The molecule has 0 spiro atoms. The fraction of sp³-hybridized carbons (Fsp3) is 0.500. The Morgan fingerprint density at radius 2 is 2.04 bits per heavy atom. The van der Waals surface area contributed by atoms with E-state index in [0.29, 0.717) is 0 Å². The van der Waals surface area contributed by atoms with Crippen molar-refractivity contribution in [3.8, 4) is 0 Å². The molecular weight excluding hydrogens is 312 g/mol. The highest BCUT2D eigenvalue weighted by atomic mass is 16.6. The number of likely N-dealkylation sites (N-methyl/N-ethyl adjacent to an activating group) is 1. The number of hydrogen-bond acceptors (Lipinski definition) is 5. The molecule has 0 saturated heterocycles. The monoisotopic (exact) mass is 336 g/mol. The molecule has 0 aliphatic heterocycles. The Hall–Kier alpha value is -2.64. The van der Waals surface area contributed by atoms with Crippen molar-refractivity contribution in [2.45, 2.75) is 38.8 Å². The quantitative estimate of drug-likeness (QED) is 0.783. The summed E-state index contributed by atoms with van der Waals surface area (Å²) in [5.74, 6) is -1.08. The Bertz CT molecular complexity index is 583. The number of hydrogen-bond donors (Lipinski definition) is 2. The van der Waals surface area contributed by atoms with Crippen molar-refractivity contribution in [2.75, 3.05) is 13.6 Å². The summed E-state index contributed by atoms with van der Waals surface area (Å²) in [6, 6.07) is 2.63. The van der Waals surface area contributed by atoms with Crippen LogP contribution in [0.1, 0.15) is 26.3 Å². The average molecular weight is 336 g/mol. The smallest absolute Gasteiger partial charge is 0.408 e. The number of alkyl carbamates (subject to hydrolysis) is 1. The third-order valence-corrected chi connectivity index (χ3v) is 2.92. The number of aromatic nitrogens is 1. The summed E-state index contributed by atoms with van der Waals surface area (Å²) in [7, 11) is 1.44. The number of nitrogens with two attached hydrogens (primary N) is 1. The molecule has 0 aliphatic rings. The number of primary amides is 1. The standard InChI is InChI=1S/C16H24N4O4/c1-16(2,3)24-15(23)19-12(8-11-6-5-7-18-9-11)14(22)20(4)10-13(17)21/h5-7,9,12H,8,10H2,1-4H3,(H2,17,21)(H,19,23)/t12-/m0/s1. The van der Waals surface area contributed by atoms with E-state index in [9.17, 15) is 14.4 Å². The summed E-state index contributed by atoms with van der Waals surface area (Å²) < 4.78 is 5.19. The summed E-state index contributed by atoms with van der Waals surface area (Å²) in [6.45, 7) is 4.94. The number of carbonyl (C=O) groups is 3. The molecule has 24 heavy (non-hydrogen) atoms. The molecule has 1 aromatic rings. The molecule has 3 N–H and O–H groups in total. The van der Waals surface area contributed by atoms with E-state index in [1.807, 2.05) is 0 Å². The summed E-state index contributed by atoms with van der Waals surface area (Å²) in [5, 5.41) is 2.54. The molecule has 132 valence electrons. The first-order chi connectivity index (χ1) is 11.1. The topological polar surface area (TPSA) is 115 Å². The highest BCUT2D eigenvalue weighted by Gasteiger charge is 2.27. The summed E-state index contributed by atoms with van der Waals surface area (Å²) in [6.07, 6.45) is 2.72. The molecule has 1 aromatic heterocycles. The first-order valence-electron chi connectivity index (χ1n) is 7.50. The van der Waals surface area contributed by atoms with Gasteiger partial charge < -0.3 is 20.7 Å². The molecule has 0 aromatic carbocycles. The Morgan fingerprint density at radius 1 is 1.38 bits per heavy atom. The third-order valence-electron chi connectivity index (χ3n) is 2.92. The molecule has 0 bridgehead atoms. The van der Waals surface area contributed by atoms with Crippen molar-refractivity contribution < 1.29 is 19.1 Å². The van der Waals surface area contributed by atoms with Crippen LogP contribution in [0, 0.1) is 0 Å². The van der Waals surface area contributed by atoms with E-state index in [2.05, 4.69) is 10.3 Å². The van der Waals surface area contributed by atoms with Gasteiger partial charge in [0.2, 0.25) is 11.8 Å². The number of ether oxygens (including phenoxy) is 1. The summed E-state index contributed by atoms with van der Waals surface area (Å²) in [5.41, 5.74) is 5.19. The fourth-order valence-corrected chi connectivity index (χ4v) is 1.98. The van der Waals surface area contributed by atoms with Crippen LogP contribution in [-0.4, -0.2) is 53.0 Å². The Kier molecular flexibility index (Phi) is 6.69. The van der Waals surface area contributed by atoms with Gasteiger partial charge in [-0.05, 0) is 32.4 Å². The van der Waals surface area contributed by atoms with E-state index >= 15 is 0 Å². The van der Waals surface area contributed by atoms with Gasteiger partial charge in [0.25, 0.3) is 0 Å². The number of amides is 3. The molecule has 1 rings (SSSR count). The zero-order valence-corrected chi connectivity index (χ0v) is 14.4. The minimum Gasteiger partial charge on any atom is -0.444 e. The van der Waals surface area contributed by atoms with Crippen LogP contribution < -0.4 is 11.1 Å². The van der Waals surface area contributed by atoms with Gasteiger partial charge in [0.05, 0.1) is 6.54 Å². The largest absolute Gasteiger partial charge is 0.444 e. The minimum absolute atomic E-state index is 0.217. The van der Waals surface area contributed by atoms with Crippen LogP contribution in [0.4, 0.5) is 4.79 Å². The SMILES string of the molecule is CN(CC(N)=O)C(=O)[C@H](Cc1cccnc1)NC(=O)OC(C)(C)C. The number of pyridine rings is 1. The number of nitrogens with zero attached hydrogens (tertiary/aromatic N) is 2. The number of carbonyl (C=O) groups excluding carboxylic acids is 3. The highest BCUT2D eigenvalue weighted by Crippen LogP contribution is 2.09.